The number of rotatable bonds is 6. The second kappa shape index (κ2) is 5.28. The second-order valence-corrected chi connectivity index (χ2v) is 4.04. The molecule has 0 atom stereocenters. The molecule has 0 bridgehead atoms. The summed E-state index contributed by atoms with van der Waals surface area (Å²) >= 11 is 0. The van der Waals surface area contributed by atoms with E-state index in [1.807, 2.05) is 0 Å². The van der Waals surface area contributed by atoms with Crippen LogP contribution in [-0.2, 0) is 9.53 Å². The predicted octanol–water partition coefficient (Wildman–Crippen LogP) is 0.529. The SMILES string of the molecule is C=CCN(CCOC)C(=O)C1(N)CCC1. The molecule has 2 N–H and O–H groups in total. The quantitative estimate of drug-likeness (QED) is 0.653. The Kier molecular flexibility index (Phi) is 4.29. The zero-order valence-corrected chi connectivity index (χ0v) is 9.37. The summed E-state index contributed by atoms with van der Waals surface area (Å²) in [5.41, 5.74) is 5.37. The third-order valence-electron chi connectivity index (χ3n) is 2.87. The maximum atomic E-state index is 12.0. The molecule has 1 aliphatic rings. The van der Waals surface area contributed by atoms with Crippen LogP contribution >= 0.6 is 0 Å². The lowest BCUT2D eigenvalue weighted by atomic mass is 9.76. The zero-order valence-electron chi connectivity index (χ0n) is 9.37. The maximum absolute atomic E-state index is 12.0. The molecule has 4 heteroatoms. The van der Waals surface area contributed by atoms with Crippen LogP contribution in [0.15, 0.2) is 12.7 Å². The van der Waals surface area contributed by atoms with E-state index < -0.39 is 5.54 Å². The molecule has 0 spiro atoms. The highest BCUT2D eigenvalue weighted by Gasteiger charge is 2.42. The van der Waals surface area contributed by atoms with E-state index in [2.05, 4.69) is 6.58 Å². The van der Waals surface area contributed by atoms with Gasteiger partial charge < -0.3 is 15.4 Å². The van der Waals surface area contributed by atoms with Crippen LogP contribution in [-0.4, -0.2) is 43.2 Å². The lowest BCUT2D eigenvalue weighted by Gasteiger charge is -2.40. The minimum absolute atomic E-state index is 0.0331. The van der Waals surface area contributed by atoms with Gasteiger partial charge in [-0.1, -0.05) is 6.08 Å². The van der Waals surface area contributed by atoms with E-state index in [9.17, 15) is 4.79 Å². The Hall–Kier alpha value is -0.870. The van der Waals surface area contributed by atoms with Crippen molar-refractivity contribution in [1.29, 1.82) is 0 Å². The molecule has 0 aliphatic heterocycles. The average Bonchev–Trinajstić information content (AvgIpc) is 2.19. The van der Waals surface area contributed by atoms with Crippen molar-refractivity contribution in [2.24, 2.45) is 5.73 Å². The third-order valence-corrected chi connectivity index (χ3v) is 2.87. The highest BCUT2D eigenvalue weighted by Crippen LogP contribution is 2.30. The fraction of sp³-hybridized carbons (Fsp3) is 0.727. The summed E-state index contributed by atoms with van der Waals surface area (Å²) in [6, 6.07) is 0. The molecular weight excluding hydrogens is 192 g/mol. The summed E-state index contributed by atoms with van der Waals surface area (Å²) in [6.45, 7) is 5.31. The van der Waals surface area contributed by atoms with Gasteiger partial charge in [0.05, 0.1) is 12.1 Å². The molecule has 0 aromatic carbocycles. The lowest BCUT2D eigenvalue weighted by molar-refractivity contribution is -0.140. The van der Waals surface area contributed by atoms with E-state index in [4.69, 9.17) is 10.5 Å². The first kappa shape index (κ1) is 12.2. The molecule has 0 aromatic heterocycles. The number of ether oxygens (including phenoxy) is 1. The van der Waals surface area contributed by atoms with Crippen molar-refractivity contribution < 1.29 is 9.53 Å². The van der Waals surface area contributed by atoms with Crippen molar-refractivity contribution in [2.45, 2.75) is 24.8 Å². The number of amides is 1. The molecular formula is C11H20N2O2. The van der Waals surface area contributed by atoms with E-state index in [-0.39, 0.29) is 5.91 Å². The van der Waals surface area contributed by atoms with Crippen LogP contribution in [0.2, 0.25) is 0 Å². The molecule has 1 fully saturated rings. The molecule has 0 heterocycles. The number of hydrogen-bond donors (Lipinski definition) is 1. The fourth-order valence-corrected chi connectivity index (χ4v) is 1.72. The maximum Gasteiger partial charge on any atom is 0.243 e. The number of hydrogen-bond acceptors (Lipinski definition) is 3. The van der Waals surface area contributed by atoms with Gasteiger partial charge in [-0.3, -0.25) is 4.79 Å². The summed E-state index contributed by atoms with van der Waals surface area (Å²) in [5, 5.41) is 0. The van der Waals surface area contributed by atoms with Gasteiger partial charge in [-0.25, -0.2) is 0 Å². The van der Waals surface area contributed by atoms with Gasteiger partial charge in [-0.05, 0) is 19.3 Å². The van der Waals surface area contributed by atoms with Gasteiger partial charge in [0.2, 0.25) is 5.91 Å². The highest BCUT2D eigenvalue weighted by atomic mass is 16.5. The van der Waals surface area contributed by atoms with Gasteiger partial charge in [0, 0.05) is 20.2 Å². The first-order chi connectivity index (χ1) is 7.14. The van der Waals surface area contributed by atoms with Crippen LogP contribution < -0.4 is 5.73 Å². The van der Waals surface area contributed by atoms with Crippen molar-refractivity contribution in [3.8, 4) is 0 Å². The molecule has 1 saturated carbocycles. The number of carbonyl (C=O) groups is 1. The van der Waals surface area contributed by atoms with Crippen molar-refractivity contribution in [2.75, 3.05) is 26.8 Å². The Morgan fingerprint density at radius 3 is 2.73 bits per heavy atom. The smallest absolute Gasteiger partial charge is 0.243 e. The molecule has 0 saturated heterocycles. The van der Waals surface area contributed by atoms with Gasteiger partial charge in [-0.15, -0.1) is 6.58 Å². The normalized spacial score (nSPS) is 18.0. The van der Waals surface area contributed by atoms with E-state index in [0.717, 1.165) is 19.3 Å². The number of nitrogens with zero attached hydrogens (tertiary/aromatic N) is 1. The monoisotopic (exact) mass is 212 g/mol. The van der Waals surface area contributed by atoms with E-state index in [1.165, 1.54) is 0 Å². The van der Waals surface area contributed by atoms with Crippen molar-refractivity contribution in [1.82, 2.24) is 4.90 Å². The summed E-state index contributed by atoms with van der Waals surface area (Å²) in [4.78, 5) is 13.8. The first-order valence-corrected chi connectivity index (χ1v) is 5.32. The molecule has 4 nitrogen and oxygen atoms in total. The summed E-state index contributed by atoms with van der Waals surface area (Å²) < 4.78 is 4.96. The lowest BCUT2D eigenvalue weighted by Crippen LogP contribution is -2.60. The molecule has 0 radical (unpaired) electrons. The van der Waals surface area contributed by atoms with Crippen LogP contribution in [0.5, 0.6) is 0 Å². The Balaban J connectivity index is 2.53. The van der Waals surface area contributed by atoms with Gasteiger partial charge in [0.1, 0.15) is 0 Å². The van der Waals surface area contributed by atoms with Crippen LogP contribution in [0.4, 0.5) is 0 Å². The first-order valence-electron chi connectivity index (χ1n) is 5.32. The number of carbonyl (C=O) groups excluding carboxylic acids is 1. The molecule has 15 heavy (non-hydrogen) atoms. The Morgan fingerprint density at radius 1 is 1.67 bits per heavy atom. The Morgan fingerprint density at radius 2 is 2.33 bits per heavy atom. The van der Waals surface area contributed by atoms with E-state index >= 15 is 0 Å². The van der Waals surface area contributed by atoms with Crippen LogP contribution in [0.25, 0.3) is 0 Å². The summed E-state index contributed by atoms with van der Waals surface area (Å²) in [7, 11) is 1.62. The van der Waals surface area contributed by atoms with Gasteiger partial charge in [0.25, 0.3) is 0 Å². The zero-order chi connectivity index (χ0) is 11.3. The van der Waals surface area contributed by atoms with Crippen LogP contribution in [0, 0.1) is 0 Å². The topological polar surface area (TPSA) is 55.6 Å². The largest absolute Gasteiger partial charge is 0.383 e. The standard InChI is InChI=1S/C11H20N2O2/c1-3-7-13(8-9-15-2)10(14)11(12)5-4-6-11/h3H,1,4-9,12H2,2H3. The van der Waals surface area contributed by atoms with Crippen LogP contribution in [0.3, 0.4) is 0 Å². The average molecular weight is 212 g/mol. The Labute approximate surface area is 91.1 Å². The van der Waals surface area contributed by atoms with Gasteiger partial charge in [0.15, 0.2) is 0 Å². The number of methoxy groups -OCH3 is 1. The van der Waals surface area contributed by atoms with Crippen molar-refractivity contribution >= 4 is 5.91 Å². The van der Waals surface area contributed by atoms with Gasteiger partial charge >= 0.3 is 0 Å². The van der Waals surface area contributed by atoms with E-state index in [0.29, 0.717) is 19.7 Å². The summed E-state index contributed by atoms with van der Waals surface area (Å²) in [5.74, 6) is 0.0331. The minimum Gasteiger partial charge on any atom is -0.383 e. The highest BCUT2D eigenvalue weighted by molar-refractivity contribution is 5.87. The van der Waals surface area contributed by atoms with Crippen molar-refractivity contribution in [3.63, 3.8) is 0 Å². The molecule has 0 unspecified atom stereocenters. The third kappa shape index (κ3) is 2.79. The molecule has 1 rings (SSSR count). The minimum atomic E-state index is -0.614. The molecule has 1 amide bonds. The molecule has 86 valence electrons. The fourth-order valence-electron chi connectivity index (χ4n) is 1.72. The second-order valence-electron chi connectivity index (χ2n) is 4.04. The van der Waals surface area contributed by atoms with E-state index in [1.54, 1.807) is 18.1 Å². The summed E-state index contributed by atoms with van der Waals surface area (Å²) in [6.07, 6.45) is 4.36. The molecule has 1 aliphatic carbocycles. The molecule has 0 aromatic rings. The predicted molar refractivity (Wildman–Crippen MR) is 59.4 cm³/mol. The van der Waals surface area contributed by atoms with Gasteiger partial charge in [-0.2, -0.15) is 0 Å². The van der Waals surface area contributed by atoms with Crippen molar-refractivity contribution in [3.05, 3.63) is 12.7 Å². The number of nitrogens with two attached hydrogens (primary N) is 1. The van der Waals surface area contributed by atoms with Crippen LogP contribution in [0.1, 0.15) is 19.3 Å². The Bertz CT molecular complexity index is 237.